The first-order chi connectivity index (χ1) is 16.7. The molecule has 35 heavy (non-hydrogen) atoms. The van der Waals surface area contributed by atoms with Crippen LogP contribution in [0.5, 0.6) is 0 Å². The molecule has 0 spiro atoms. The Balaban J connectivity index is 1.47. The van der Waals surface area contributed by atoms with E-state index in [9.17, 15) is 14.7 Å². The minimum atomic E-state index is -0.902. The van der Waals surface area contributed by atoms with E-state index in [1.807, 2.05) is 43.4 Å². The van der Waals surface area contributed by atoms with Crippen LogP contribution in [0.15, 0.2) is 42.5 Å². The number of aryl methyl sites for hydroxylation is 2. The number of fused-ring (bicyclic) bond motifs is 1. The second kappa shape index (κ2) is 10.6. The number of halogens is 2. The first kappa shape index (κ1) is 25.6. The summed E-state index contributed by atoms with van der Waals surface area (Å²) in [6.07, 6.45) is 6.49. The van der Waals surface area contributed by atoms with Crippen LogP contribution < -0.4 is 0 Å². The Morgan fingerprint density at radius 3 is 2.40 bits per heavy atom. The summed E-state index contributed by atoms with van der Waals surface area (Å²) in [4.78, 5) is 27.1. The van der Waals surface area contributed by atoms with Crippen LogP contribution in [0.25, 0.3) is 10.9 Å². The predicted octanol–water partition coefficient (Wildman–Crippen LogP) is 6.77. The summed E-state index contributed by atoms with van der Waals surface area (Å²) in [6, 6.07) is 13.7. The zero-order chi connectivity index (χ0) is 25.2. The van der Waals surface area contributed by atoms with Crippen molar-refractivity contribution in [1.29, 1.82) is 0 Å². The summed E-state index contributed by atoms with van der Waals surface area (Å²) in [5, 5.41) is 11.8. The lowest BCUT2D eigenvalue weighted by Crippen LogP contribution is -2.35. The minimum Gasteiger partial charge on any atom is -0.481 e. The third-order valence-corrected chi connectivity index (χ3v) is 7.76. The molecule has 0 radical (unpaired) electrons. The molecule has 5 nitrogen and oxygen atoms in total. The maximum Gasteiger partial charge on any atom is 0.311 e. The van der Waals surface area contributed by atoms with Crippen molar-refractivity contribution in [3.05, 3.63) is 69.3 Å². The Morgan fingerprint density at radius 2 is 1.71 bits per heavy atom. The van der Waals surface area contributed by atoms with E-state index in [4.69, 9.17) is 23.2 Å². The third kappa shape index (κ3) is 5.52. The number of nitrogens with zero attached hydrogens (tertiary/aromatic N) is 2. The highest BCUT2D eigenvalue weighted by atomic mass is 35.5. The Labute approximate surface area is 216 Å². The van der Waals surface area contributed by atoms with Gasteiger partial charge < -0.3 is 14.6 Å². The molecule has 0 unspecified atom stereocenters. The number of carbonyl (C=O) groups is 2. The molecule has 1 saturated heterocycles. The molecule has 186 valence electrons. The van der Waals surface area contributed by atoms with Crippen LogP contribution in [-0.2, 0) is 24.7 Å². The van der Waals surface area contributed by atoms with Gasteiger partial charge in [-0.25, -0.2) is 0 Å². The van der Waals surface area contributed by atoms with Gasteiger partial charge in [0.25, 0.3) is 5.91 Å². The fraction of sp³-hybridized carbons (Fsp3) is 0.429. The molecule has 1 aliphatic rings. The van der Waals surface area contributed by atoms with Crippen molar-refractivity contribution in [2.24, 2.45) is 12.5 Å². The van der Waals surface area contributed by atoms with Crippen molar-refractivity contribution >= 4 is 46.0 Å². The molecule has 7 heteroatoms. The average molecular weight is 515 g/mol. The summed E-state index contributed by atoms with van der Waals surface area (Å²) < 4.78 is 2.09. The van der Waals surface area contributed by atoms with Gasteiger partial charge in [-0.15, -0.1) is 0 Å². The summed E-state index contributed by atoms with van der Waals surface area (Å²) in [5.74, 6) is -0.953. The van der Waals surface area contributed by atoms with Crippen molar-refractivity contribution in [1.82, 2.24) is 9.47 Å². The standard InChI is InChI=1S/C28H32Cl2N2O3/c1-28(27(34)35)14-15-32(18-28)26(33)25-22-17-21(30)12-13-23(22)31(2)24(25)11-6-4-3-5-8-19-9-7-10-20(29)16-19/h7,9-10,12-13,16-17H,3-6,8,11,14-15,18H2,1-2H3,(H,34,35)/t28-/m0/s1. The molecule has 0 aliphatic carbocycles. The van der Waals surface area contributed by atoms with Crippen molar-refractivity contribution < 1.29 is 14.7 Å². The Bertz CT molecular complexity index is 1250. The number of carboxylic acids is 1. The summed E-state index contributed by atoms with van der Waals surface area (Å²) in [7, 11) is 1.99. The molecule has 1 aromatic heterocycles. The average Bonchev–Trinajstić information content (AvgIpc) is 3.35. The summed E-state index contributed by atoms with van der Waals surface area (Å²) in [6.45, 7) is 2.38. The van der Waals surface area contributed by atoms with Gasteiger partial charge in [0.15, 0.2) is 0 Å². The molecule has 1 atom stereocenters. The molecular formula is C28H32Cl2N2O3. The number of carbonyl (C=O) groups excluding carboxylic acids is 1. The molecular weight excluding hydrogens is 483 g/mol. The highest BCUT2D eigenvalue weighted by molar-refractivity contribution is 6.31. The fourth-order valence-corrected chi connectivity index (χ4v) is 5.52. The van der Waals surface area contributed by atoms with Crippen molar-refractivity contribution in [2.75, 3.05) is 13.1 Å². The molecule has 4 rings (SSSR count). The van der Waals surface area contributed by atoms with E-state index in [0.29, 0.717) is 23.6 Å². The van der Waals surface area contributed by atoms with Crippen molar-refractivity contribution in [2.45, 2.75) is 51.9 Å². The van der Waals surface area contributed by atoms with Crippen LogP contribution in [-0.4, -0.2) is 39.5 Å². The van der Waals surface area contributed by atoms with E-state index in [0.717, 1.165) is 60.1 Å². The van der Waals surface area contributed by atoms with E-state index in [1.54, 1.807) is 11.8 Å². The van der Waals surface area contributed by atoms with Gasteiger partial charge in [0, 0.05) is 46.8 Å². The SMILES string of the molecule is Cn1c(CCCCCCc2cccc(Cl)c2)c(C(=O)N2CC[C@](C)(C(=O)O)C2)c2cc(Cl)ccc21. The van der Waals surface area contributed by atoms with Crippen LogP contribution in [0.3, 0.4) is 0 Å². The van der Waals surface area contributed by atoms with Crippen LogP contribution in [0.2, 0.25) is 10.0 Å². The maximum absolute atomic E-state index is 13.7. The maximum atomic E-state index is 13.7. The second-order valence-corrected chi connectivity index (χ2v) is 10.8. The fourth-order valence-electron chi connectivity index (χ4n) is 5.14. The zero-order valence-electron chi connectivity index (χ0n) is 20.3. The number of amides is 1. The quantitative estimate of drug-likeness (QED) is 0.320. The Kier molecular flexibility index (Phi) is 7.77. The van der Waals surface area contributed by atoms with Gasteiger partial charge in [0.05, 0.1) is 11.0 Å². The van der Waals surface area contributed by atoms with Crippen LogP contribution >= 0.6 is 23.2 Å². The number of rotatable bonds is 9. The van der Waals surface area contributed by atoms with Crippen molar-refractivity contribution in [3.63, 3.8) is 0 Å². The first-order valence-corrected chi connectivity index (χ1v) is 13.0. The molecule has 0 saturated carbocycles. The van der Waals surface area contributed by atoms with E-state index < -0.39 is 11.4 Å². The van der Waals surface area contributed by atoms with E-state index in [-0.39, 0.29) is 12.5 Å². The number of hydrogen-bond acceptors (Lipinski definition) is 2. The molecule has 3 aromatic rings. The lowest BCUT2D eigenvalue weighted by Gasteiger charge is -2.21. The summed E-state index contributed by atoms with van der Waals surface area (Å²) in [5.41, 5.74) is 2.98. The molecule has 1 N–H and O–H groups in total. The van der Waals surface area contributed by atoms with Gasteiger partial charge in [-0.05, 0) is 74.9 Å². The topological polar surface area (TPSA) is 62.5 Å². The summed E-state index contributed by atoms with van der Waals surface area (Å²) >= 11 is 12.4. The van der Waals surface area contributed by atoms with Gasteiger partial charge in [0.1, 0.15) is 0 Å². The Morgan fingerprint density at radius 1 is 1.00 bits per heavy atom. The molecule has 1 aliphatic heterocycles. The van der Waals surface area contributed by atoms with Crippen molar-refractivity contribution in [3.8, 4) is 0 Å². The molecule has 1 fully saturated rings. The second-order valence-electron chi connectivity index (χ2n) is 9.93. The van der Waals surface area contributed by atoms with Gasteiger partial charge in [-0.3, -0.25) is 9.59 Å². The molecule has 2 heterocycles. The van der Waals surface area contributed by atoms with E-state index in [1.165, 1.54) is 5.56 Å². The van der Waals surface area contributed by atoms with E-state index >= 15 is 0 Å². The van der Waals surface area contributed by atoms with Crippen LogP contribution in [0.1, 0.15) is 60.6 Å². The highest BCUT2D eigenvalue weighted by Crippen LogP contribution is 2.35. The largest absolute Gasteiger partial charge is 0.481 e. The molecule has 2 aromatic carbocycles. The Hall–Kier alpha value is -2.50. The van der Waals surface area contributed by atoms with Gasteiger partial charge in [0.2, 0.25) is 0 Å². The van der Waals surface area contributed by atoms with Gasteiger partial charge >= 0.3 is 5.97 Å². The number of likely N-dealkylation sites (tertiary alicyclic amines) is 1. The highest BCUT2D eigenvalue weighted by Gasteiger charge is 2.43. The number of hydrogen-bond donors (Lipinski definition) is 1. The number of carboxylic acid groups (broad SMARTS) is 1. The number of unbranched alkanes of at least 4 members (excludes halogenated alkanes) is 3. The lowest BCUT2D eigenvalue weighted by molar-refractivity contribution is -0.147. The number of benzene rings is 2. The molecule has 0 bridgehead atoms. The third-order valence-electron chi connectivity index (χ3n) is 7.29. The lowest BCUT2D eigenvalue weighted by atomic mass is 9.90. The van der Waals surface area contributed by atoms with E-state index in [2.05, 4.69) is 10.6 Å². The minimum absolute atomic E-state index is 0.0983. The number of aromatic nitrogens is 1. The zero-order valence-corrected chi connectivity index (χ0v) is 21.8. The van der Waals surface area contributed by atoms with Crippen LogP contribution in [0, 0.1) is 5.41 Å². The van der Waals surface area contributed by atoms with Gasteiger partial charge in [-0.1, -0.05) is 48.2 Å². The smallest absolute Gasteiger partial charge is 0.311 e. The number of aliphatic carboxylic acids is 1. The molecule has 1 amide bonds. The first-order valence-electron chi connectivity index (χ1n) is 12.2. The normalized spacial score (nSPS) is 17.9. The monoisotopic (exact) mass is 514 g/mol. The van der Waals surface area contributed by atoms with Crippen LogP contribution in [0.4, 0.5) is 0 Å². The van der Waals surface area contributed by atoms with Gasteiger partial charge in [-0.2, -0.15) is 0 Å². The predicted molar refractivity (Wildman–Crippen MR) is 142 cm³/mol.